The van der Waals surface area contributed by atoms with Crippen LogP contribution in [0.1, 0.15) is 11.1 Å². The van der Waals surface area contributed by atoms with E-state index in [1.165, 1.54) is 0 Å². The fourth-order valence-electron chi connectivity index (χ4n) is 2.20. The molecule has 0 aromatic heterocycles. The minimum absolute atomic E-state index is 0.394. The van der Waals surface area contributed by atoms with Crippen LogP contribution < -0.4 is 19.9 Å². The van der Waals surface area contributed by atoms with Gasteiger partial charge in [0.15, 0.2) is 11.5 Å². The molecule has 1 heterocycles. The van der Waals surface area contributed by atoms with Crippen LogP contribution in [0.2, 0.25) is 0 Å². The van der Waals surface area contributed by atoms with Gasteiger partial charge in [-0.25, -0.2) is 0 Å². The number of aryl methyl sites for hydroxylation is 1. The van der Waals surface area contributed by atoms with Crippen LogP contribution in [0.4, 0.5) is 5.69 Å². The second-order valence-corrected chi connectivity index (χ2v) is 5.81. The number of benzene rings is 2. The first-order chi connectivity index (χ1) is 10.1. The Labute approximate surface area is 131 Å². The molecule has 0 atom stereocenters. The van der Waals surface area contributed by atoms with Crippen molar-refractivity contribution < 1.29 is 14.2 Å². The normalized spacial score (nSPS) is 13.0. The lowest BCUT2D eigenvalue weighted by molar-refractivity contribution is 0.171. The van der Waals surface area contributed by atoms with Gasteiger partial charge in [-0.3, -0.25) is 0 Å². The van der Waals surface area contributed by atoms with Crippen LogP contribution >= 0.6 is 15.9 Å². The maximum atomic E-state index is 6.05. The van der Waals surface area contributed by atoms with Crippen molar-refractivity contribution in [1.29, 1.82) is 0 Å². The molecule has 3 rings (SSSR count). The van der Waals surface area contributed by atoms with Gasteiger partial charge in [0.1, 0.15) is 25.6 Å². The quantitative estimate of drug-likeness (QED) is 0.858. The van der Waals surface area contributed by atoms with Crippen LogP contribution in [0.15, 0.2) is 34.8 Å². The van der Waals surface area contributed by atoms with E-state index in [1.54, 1.807) is 6.07 Å². The molecule has 0 saturated carbocycles. The van der Waals surface area contributed by atoms with Gasteiger partial charge in [-0.2, -0.15) is 0 Å². The van der Waals surface area contributed by atoms with Crippen molar-refractivity contribution in [2.45, 2.75) is 13.5 Å². The average Bonchev–Trinajstić information content (AvgIpc) is 2.46. The molecule has 1 aliphatic rings. The first-order valence-corrected chi connectivity index (χ1v) is 7.50. The minimum atomic E-state index is 0.394. The minimum Gasteiger partial charge on any atom is -0.489 e. The van der Waals surface area contributed by atoms with E-state index in [0.717, 1.165) is 27.1 Å². The molecule has 0 aliphatic carbocycles. The van der Waals surface area contributed by atoms with E-state index in [4.69, 9.17) is 19.9 Å². The second kappa shape index (κ2) is 5.85. The van der Waals surface area contributed by atoms with Gasteiger partial charge in [-0.1, -0.05) is 15.9 Å². The molecule has 2 N–H and O–H groups in total. The van der Waals surface area contributed by atoms with Crippen LogP contribution in [0, 0.1) is 6.92 Å². The van der Waals surface area contributed by atoms with Crippen LogP contribution in [0.5, 0.6) is 17.2 Å². The molecule has 0 radical (unpaired) electrons. The summed E-state index contributed by atoms with van der Waals surface area (Å²) in [6.07, 6.45) is 0. The summed E-state index contributed by atoms with van der Waals surface area (Å²) in [6.45, 7) is 3.52. The SMILES string of the molecule is Cc1cc(Br)ccc1OCc1cc2c(cc1N)OCCO2. The van der Waals surface area contributed by atoms with Crippen molar-refractivity contribution in [2.24, 2.45) is 0 Å². The van der Waals surface area contributed by atoms with Gasteiger partial charge >= 0.3 is 0 Å². The highest BCUT2D eigenvalue weighted by Gasteiger charge is 2.15. The molecule has 0 unspecified atom stereocenters. The number of hydrogen-bond acceptors (Lipinski definition) is 4. The predicted molar refractivity (Wildman–Crippen MR) is 85.1 cm³/mol. The van der Waals surface area contributed by atoms with Crippen molar-refractivity contribution in [3.05, 3.63) is 45.9 Å². The van der Waals surface area contributed by atoms with Crippen LogP contribution in [-0.4, -0.2) is 13.2 Å². The molecule has 2 aromatic rings. The Morgan fingerprint density at radius 1 is 1.14 bits per heavy atom. The highest BCUT2D eigenvalue weighted by atomic mass is 79.9. The third-order valence-corrected chi connectivity index (χ3v) is 3.82. The predicted octanol–water partition coefficient (Wildman–Crippen LogP) is 3.69. The molecule has 2 aromatic carbocycles. The van der Waals surface area contributed by atoms with Gasteiger partial charge in [0.05, 0.1) is 0 Å². The summed E-state index contributed by atoms with van der Waals surface area (Å²) in [4.78, 5) is 0. The first-order valence-electron chi connectivity index (χ1n) is 6.70. The Morgan fingerprint density at radius 2 is 1.86 bits per heavy atom. The van der Waals surface area contributed by atoms with Crippen LogP contribution in [-0.2, 0) is 6.61 Å². The number of nitrogen functional groups attached to an aromatic ring is 1. The number of rotatable bonds is 3. The van der Waals surface area contributed by atoms with E-state index in [-0.39, 0.29) is 0 Å². The summed E-state index contributed by atoms with van der Waals surface area (Å²) in [7, 11) is 0. The molecule has 4 nitrogen and oxygen atoms in total. The Bertz CT molecular complexity index is 673. The van der Waals surface area contributed by atoms with Gasteiger partial charge in [0, 0.05) is 21.8 Å². The zero-order chi connectivity index (χ0) is 14.8. The Hall–Kier alpha value is -1.88. The Kier molecular flexibility index (Phi) is 3.92. The number of anilines is 1. The zero-order valence-electron chi connectivity index (χ0n) is 11.7. The maximum Gasteiger partial charge on any atom is 0.163 e. The van der Waals surface area contributed by atoms with Gasteiger partial charge < -0.3 is 19.9 Å². The lowest BCUT2D eigenvalue weighted by Crippen LogP contribution is -2.16. The van der Waals surface area contributed by atoms with Crippen LogP contribution in [0.3, 0.4) is 0 Å². The standard InChI is InChI=1S/C16H16BrNO3/c1-10-6-12(17)2-3-14(10)21-9-11-7-15-16(8-13(11)18)20-5-4-19-15/h2-3,6-8H,4-5,9,18H2,1H3. The largest absolute Gasteiger partial charge is 0.489 e. The molecule has 0 amide bonds. The number of halogens is 1. The topological polar surface area (TPSA) is 53.7 Å². The van der Waals surface area contributed by atoms with E-state index >= 15 is 0 Å². The van der Waals surface area contributed by atoms with Crippen molar-refractivity contribution >= 4 is 21.6 Å². The van der Waals surface area contributed by atoms with Gasteiger partial charge in [0.2, 0.25) is 0 Å². The molecule has 0 spiro atoms. The van der Waals surface area contributed by atoms with Crippen molar-refractivity contribution in [2.75, 3.05) is 18.9 Å². The fraction of sp³-hybridized carbons (Fsp3) is 0.250. The van der Waals surface area contributed by atoms with E-state index < -0.39 is 0 Å². The Balaban J connectivity index is 1.78. The summed E-state index contributed by atoms with van der Waals surface area (Å²) in [5.74, 6) is 2.26. The number of nitrogens with two attached hydrogens (primary N) is 1. The first kappa shape index (κ1) is 14.1. The van der Waals surface area contributed by atoms with Crippen molar-refractivity contribution in [1.82, 2.24) is 0 Å². The van der Waals surface area contributed by atoms with E-state index in [2.05, 4.69) is 15.9 Å². The molecule has 5 heteroatoms. The monoisotopic (exact) mass is 349 g/mol. The third kappa shape index (κ3) is 3.08. The highest BCUT2D eigenvalue weighted by Crippen LogP contribution is 2.35. The number of fused-ring (bicyclic) bond motifs is 1. The lowest BCUT2D eigenvalue weighted by Gasteiger charge is -2.20. The van der Waals surface area contributed by atoms with Gasteiger partial charge in [-0.15, -0.1) is 0 Å². The second-order valence-electron chi connectivity index (χ2n) is 4.89. The molecule has 0 saturated heterocycles. The van der Waals surface area contributed by atoms with Gasteiger partial charge in [0.25, 0.3) is 0 Å². The molecule has 0 bridgehead atoms. The Morgan fingerprint density at radius 3 is 2.57 bits per heavy atom. The molecule has 21 heavy (non-hydrogen) atoms. The fourth-order valence-corrected chi connectivity index (χ4v) is 2.68. The summed E-state index contributed by atoms with van der Waals surface area (Å²) in [5, 5.41) is 0. The summed E-state index contributed by atoms with van der Waals surface area (Å²) >= 11 is 3.44. The summed E-state index contributed by atoms with van der Waals surface area (Å²) in [6, 6.07) is 9.59. The van der Waals surface area contributed by atoms with E-state index in [0.29, 0.717) is 31.3 Å². The van der Waals surface area contributed by atoms with Gasteiger partial charge in [-0.05, 0) is 36.8 Å². The number of hydrogen-bond donors (Lipinski definition) is 1. The van der Waals surface area contributed by atoms with E-state index in [1.807, 2.05) is 31.2 Å². The molecule has 1 aliphatic heterocycles. The molecular weight excluding hydrogens is 334 g/mol. The summed E-state index contributed by atoms with van der Waals surface area (Å²) < 4.78 is 18.0. The number of ether oxygens (including phenoxy) is 3. The lowest BCUT2D eigenvalue weighted by atomic mass is 10.1. The maximum absolute atomic E-state index is 6.05. The molecule has 110 valence electrons. The zero-order valence-corrected chi connectivity index (χ0v) is 13.3. The third-order valence-electron chi connectivity index (χ3n) is 3.32. The summed E-state index contributed by atoms with van der Waals surface area (Å²) in [5.41, 5.74) is 8.66. The van der Waals surface area contributed by atoms with Crippen LogP contribution in [0.25, 0.3) is 0 Å². The smallest absolute Gasteiger partial charge is 0.163 e. The van der Waals surface area contributed by atoms with Crippen molar-refractivity contribution in [3.8, 4) is 17.2 Å². The molecular formula is C16H16BrNO3. The molecule has 0 fully saturated rings. The average molecular weight is 350 g/mol. The highest BCUT2D eigenvalue weighted by molar-refractivity contribution is 9.10. The van der Waals surface area contributed by atoms with E-state index in [9.17, 15) is 0 Å². The van der Waals surface area contributed by atoms with Crippen molar-refractivity contribution in [3.63, 3.8) is 0 Å².